The fourth-order valence-electron chi connectivity index (χ4n) is 3.05. The molecule has 0 radical (unpaired) electrons. The molecule has 3 aromatic rings. The lowest BCUT2D eigenvalue weighted by Gasteiger charge is -2.51. The van der Waals surface area contributed by atoms with Gasteiger partial charge in [-0.25, -0.2) is 0 Å². The third-order valence-electron chi connectivity index (χ3n) is 4.16. The van der Waals surface area contributed by atoms with Crippen LogP contribution in [-0.2, 0) is 0 Å². The predicted molar refractivity (Wildman–Crippen MR) is 111 cm³/mol. The average Bonchev–Trinajstić information content (AvgIpc) is 2.61. The molecule has 0 bridgehead atoms. The van der Waals surface area contributed by atoms with E-state index in [-0.39, 0.29) is 4.75 Å². The SMILES string of the molecule is CC(C)(C)S(Pc1ccccc1)(c1ccccc1)c1ccccc1. The lowest BCUT2D eigenvalue weighted by Crippen LogP contribution is -2.24. The molecule has 0 aliphatic carbocycles. The zero-order valence-electron chi connectivity index (χ0n) is 14.6. The van der Waals surface area contributed by atoms with Gasteiger partial charge in [-0.15, -0.1) is 0 Å². The van der Waals surface area contributed by atoms with Gasteiger partial charge in [0.05, 0.1) is 0 Å². The van der Waals surface area contributed by atoms with Gasteiger partial charge in [0.15, 0.2) is 0 Å². The summed E-state index contributed by atoms with van der Waals surface area (Å²) in [4.78, 5) is 2.96. The Kier molecular flexibility index (Phi) is 5.13. The van der Waals surface area contributed by atoms with Crippen LogP contribution in [0, 0.1) is 0 Å². The van der Waals surface area contributed by atoms with Crippen molar-refractivity contribution in [3.05, 3.63) is 91.0 Å². The normalized spacial score (nSPS) is 13.3. The minimum Gasteiger partial charge on any atom is -0.160 e. The van der Waals surface area contributed by atoms with Crippen molar-refractivity contribution < 1.29 is 0 Å². The van der Waals surface area contributed by atoms with Crippen LogP contribution in [0.1, 0.15) is 20.8 Å². The molecule has 3 rings (SSSR count). The van der Waals surface area contributed by atoms with Crippen LogP contribution in [0.5, 0.6) is 0 Å². The van der Waals surface area contributed by atoms with Crippen LogP contribution in [0.2, 0.25) is 0 Å². The zero-order valence-corrected chi connectivity index (χ0v) is 16.4. The Morgan fingerprint density at radius 1 is 0.583 bits per heavy atom. The highest BCUT2D eigenvalue weighted by Crippen LogP contribution is 2.81. The molecular formula is C22H25PS. The summed E-state index contributed by atoms with van der Waals surface area (Å²) >= 11 is 0. The second-order valence-electron chi connectivity index (χ2n) is 6.82. The second-order valence-corrected chi connectivity index (χ2v) is 13.4. The first-order chi connectivity index (χ1) is 11.5. The minimum absolute atomic E-state index is 0.171. The van der Waals surface area contributed by atoms with Crippen LogP contribution >= 0.6 is 17.4 Å². The monoisotopic (exact) mass is 352 g/mol. The lowest BCUT2D eigenvalue weighted by molar-refractivity contribution is 0.788. The fourth-order valence-corrected chi connectivity index (χ4v) is 11.0. The Morgan fingerprint density at radius 3 is 1.33 bits per heavy atom. The van der Waals surface area contributed by atoms with E-state index in [4.69, 9.17) is 0 Å². The highest BCUT2D eigenvalue weighted by atomic mass is 32.8. The number of benzene rings is 3. The van der Waals surface area contributed by atoms with Crippen LogP contribution in [-0.4, -0.2) is 4.75 Å². The molecule has 1 unspecified atom stereocenters. The van der Waals surface area contributed by atoms with E-state index in [2.05, 4.69) is 112 Å². The average molecular weight is 352 g/mol. The van der Waals surface area contributed by atoms with Crippen molar-refractivity contribution in [3.8, 4) is 0 Å². The lowest BCUT2D eigenvalue weighted by atomic mass is 10.3. The van der Waals surface area contributed by atoms with Gasteiger partial charge < -0.3 is 0 Å². The molecule has 0 amide bonds. The number of rotatable bonds is 4. The third kappa shape index (κ3) is 3.29. The topological polar surface area (TPSA) is 0 Å². The summed E-state index contributed by atoms with van der Waals surface area (Å²) in [6, 6.07) is 33.2. The van der Waals surface area contributed by atoms with Gasteiger partial charge in [-0.1, -0.05) is 87.5 Å². The summed E-state index contributed by atoms with van der Waals surface area (Å²) < 4.78 is 0.171. The molecule has 0 aliphatic heterocycles. The number of hydrogen-bond acceptors (Lipinski definition) is 0. The Morgan fingerprint density at radius 2 is 0.958 bits per heavy atom. The van der Waals surface area contributed by atoms with Gasteiger partial charge in [-0.3, -0.25) is 0 Å². The van der Waals surface area contributed by atoms with Gasteiger partial charge in [-0.2, -0.15) is 9.65 Å². The Balaban J connectivity index is 2.25. The van der Waals surface area contributed by atoms with E-state index in [0.29, 0.717) is 0 Å². The summed E-state index contributed by atoms with van der Waals surface area (Å²) in [7, 11) is -0.440. The minimum atomic E-state index is -1.20. The molecule has 0 heterocycles. The van der Waals surface area contributed by atoms with Crippen molar-refractivity contribution in [1.82, 2.24) is 0 Å². The van der Waals surface area contributed by atoms with Gasteiger partial charge in [0.1, 0.15) is 0 Å². The van der Waals surface area contributed by atoms with Crippen LogP contribution in [0.25, 0.3) is 0 Å². The van der Waals surface area contributed by atoms with E-state index in [1.165, 1.54) is 15.1 Å². The molecule has 0 spiro atoms. The fraction of sp³-hybridized carbons (Fsp3) is 0.182. The van der Waals surface area contributed by atoms with E-state index in [1.807, 2.05) is 0 Å². The third-order valence-corrected chi connectivity index (χ3v) is 13.7. The van der Waals surface area contributed by atoms with Crippen molar-refractivity contribution >= 4 is 22.7 Å². The van der Waals surface area contributed by atoms with E-state index >= 15 is 0 Å². The van der Waals surface area contributed by atoms with Crippen LogP contribution in [0.4, 0.5) is 0 Å². The molecule has 3 aromatic carbocycles. The Hall–Kier alpha value is -1.56. The summed E-state index contributed by atoms with van der Waals surface area (Å²) in [5.41, 5.74) is 0. The first-order valence-corrected chi connectivity index (χ1v) is 11.7. The molecular weight excluding hydrogens is 327 g/mol. The summed E-state index contributed by atoms with van der Waals surface area (Å²) in [6.07, 6.45) is 0. The maximum Gasteiger partial charge on any atom is 0.00312 e. The molecule has 0 nitrogen and oxygen atoms in total. The molecule has 124 valence electrons. The molecule has 2 heteroatoms. The largest absolute Gasteiger partial charge is 0.160 e. The summed E-state index contributed by atoms with van der Waals surface area (Å²) in [5.74, 6) is 0. The predicted octanol–water partition coefficient (Wildman–Crippen LogP) is 6.63. The van der Waals surface area contributed by atoms with E-state index < -0.39 is 9.65 Å². The maximum absolute atomic E-state index is 2.40. The van der Waals surface area contributed by atoms with Crippen LogP contribution in [0.15, 0.2) is 101 Å². The van der Waals surface area contributed by atoms with Crippen molar-refractivity contribution in [1.29, 1.82) is 0 Å². The molecule has 24 heavy (non-hydrogen) atoms. The number of hydrogen-bond donors (Lipinski definition) is 0. The Labute approximate surface area is 149 Å². The van der Waals surface area contributed by atoms with Crippen molar-refractivity contribution in [2.45, 2.75) is 35.3 Å². The van der Waals surface area contributed by atoms with E-state index in [1.54, 1.807) is 0 Å². The zero-order chi connectivity index (χ0) is 17.0. The highest BCUT2D eigenvalue weighted by molar-refractivity contribution is 8.74. The van der Waals surface area contributed by atoms with E-state index in [0.717, 1.165) is 7.78 Å². The van der Waals surface area contributed by atoms with Gasteiger partial charge in [-0.05, 0) is 47.1 Å². The smallest absolute Gasteiger partial charge is 0.00312 e. The molecule has 0 saturated carbocycles. The quantitative estimate of drug-likeness (QED) is 0.462. The molecule has 0 aliphatic rings. The summed E-state index contributed by atoms with van der Waals surface area (Å²) in [5, 5.41) is 1.44. The van der Waals surface area contributed by atoms with Crippen LogP contribution in [0.3, 0.4) is 0 Å². The second kappa shape index (κ2) is 7.13. The van der Waals surface area contributed by atoms with Crippen molar-refractivity contribution in [2.75, 3.05) is 0 Å². The van der Waals surface area contributed by atoms with Crippen LogP contribution < -0.4 is 5.30 Å². The van der Waals surface area contributed by atoms with Crippen molar-refractivity contribution in [2.24, 2.45) is 0 Å². The maximum atomic E-state index is 2.40. The molecule has 0 N–H and O–H groups in total. The first kappa shape index (κ1) is 17.3. The van der Waals surface area contributed by atoms with Crippen molar-refractivity contribution in [3.63, 3.8) is 0 Å². The Bertz CT molecular complexity index is 722. The molecule has 0 saturated heterocycles. The standard InChI is InChI=1S/C22H25PS/c1-22(2,3)24(20-15-9-5-10-16-20,21-17-11-6-12-18-21)23-19-13-7-4-8-14-19/h4-18,23H,1-3H3. The van der Waals surface area contributed by atoms with Gasteiger partial charge in [0.25, 0.3) is 0 Å². The van der Waals surface area contributed by atoms with Gasteiger partial charge in [0.2, 0.25) is 0 Å². The molecule has 0 aromatic heterocycles. The molecule has 1 atom stereocenters. The molecule has 0 fully saturated rings. The van der Waals surface area contributed by atoms with Gasteiger partial charge >= 0.3 is 0 Å². The first-order valence-electron chi connectivity index (χ1n) is 8.30. The highest BCUT2D eigenvalue weighted by Gasteiger charge is 2.40. The summed E-state index contributed by atoms with van der Waals surface area (Å²) in [6.45, 7) is 7.20. The van der Waals surface area contributed by atoms with Gasteiger partial charge in [0, 0.05) is 4.75 Å². The van der Waals surface area contributed by atoms with E-state index in [9.17, 15) is 0 Å².